The largest absolute Gasteiger partial charge is 0.332 e. The highest BCUT2D eigenvalue weighted by Crippen LogP contribution is 2.11. The second kappa shape index (κ2) is 11.5. The molecule has 0 aliphatic carbocycles. The summed E-state index contributed by atoms with van der Waals surface area (Å²) in [6.07, 6.45) is 0.727. The van der Waals surface area contributed by atoms with Gasteiger partial charge in [0, 0.05) is 34.2 Å². The van der Waals surface area contributed by atoms with Gasteiger partial charge in [-0.1, -0.05) is 23.7 Å². The minimum absolute atomic E-state index is 0.00927. The van der Waals surface area contributed by atoms with E-state index < -0.39 is 0 Å². The van der Waals surface area contributed by atoms with Gasteiger partial charge in [0.2, 0.25) is 11.9 Å². The second-order valence-electron chi connectivity index (χ2n) is 7.42. The second-order valence-corrected chi connectivity index (χ2v) is 8.26. The van der Waals surface area contributed by atoms with E-state index in [9.17, 15) is 4.79 Å². The third-order valence-electron chi connectivity index (χ3n) is 4.58. The zero-order valence-electron chi connectivity index (χ0n) is 18.6. The highest BCUT2D eigenvalue weighted by atomic mass is 35.5. The van der Waals surface area contributed by atoms with Crippen LogP contribution in [0.3, 0.4) is 0 Å². The maximum absolute atomic E-state index is 11.5. The summed E-state index contributed by atoms with van der Waals surface area (Å²) in [6.45, 7) is 5.85. The zero-order valence-corrected chi connectivity index (χ0v) is 20.2. The van der Waals surface area contributed by atoms with Crippen molar-refractivity contribution in [1.29, 1.82) is 0 Å². The van der Waals surface area contributed by atoms with Crippen LogP contribution in [0.4, 0.5) is 11.6 Å². The van der Waals surface area contributed by atoms with Crippen molar-refractivity contribution in [2.45, 2.75) is 27.2 Å². The van der Waals surface area contributed by atoms with Crippen molar-refractivity contribution in [3.63, 3.8) is 0 Å². The molecule has 0 spiro atoms. The maximum atomic E-state index is 11.5. The Balaban J connectivity index is 1.71. The topological polar surface area (TPSA) is 91.3 Å². The van der Waals surface area contributed by atoms with Crippen molar-refractivity contribution in [1.82, 2.24) is 15.3 Å². The number of hydrogen-bond donors (Lipinski definition) is 3. The molecule has 0 saturated carbocycles. The third kappa shape index (κ3) is 7.93. The van der Waals surface area contributed by atoms with Gasteiger partial charge in [0.25, 0.3) is 0 Å². The minimum Gasteiger partial charge on any atom is -0.332 e. The lowest BCUT2D eigenvalue weighted by atomic mass is 10.1. The van der Waals surface area contributed by atoms with Crippen LogP contribution in [0.1, 0.15) is 34.2 Å². The van der Waals surface area contributed by atoms with E-state index in [1.807, 2.05) is 44.2 Å². The quantitative estimate of drug-likeness (QED) is 0.199. The first kappa shape index (κ1) is 24.3. The number of thiocarbonyl (C=S) groups is 1. The van der Waals surface area contributed by atoms with Gasteiger partial charge in [-0.15, -0.1) is 0 Å². The average molecular weight is 481 g/mol. The molecule has 0 atom stereocenters. The Morgan fingerprint density at radius 1 is 1.00 bits per heavy atom. The van der Waals surface area contributed by atoms with Crippen molar-refractivity contribution in [2.24, 2.45) is 4.99 Å². The Kier molecular flexibility index (Phi) is 8.46. The molecule has 1 heterocycles. The van der Waals surface area contributed by atoms with Gasteiger partial charge in [0.1, 0.15) is 0 Å². The van der Waals surface area contributed by atoms with Gasteiger partial charge in [0.05, 0.1) is 0 Å². The number of carbonyl (C=O) groups excluding carboxylic acids is 1. The number of halogens is 1. The summed E-state index contributed by atoms with van der Waals surface area (Å²) in [6, 6.07) is 16.6. The molecule has 0 unspecified atom stereocenters. The molecule has 1 aromatic heterocycles. The summed E-state index contributed by atoms with van der Waals surface area (Å²) in [4.78, 5) is 24.9. The number of ketones is 1. The van der Waals surface area contributed by atoms with Crippen LogP contribution in [-0.2, 0) is 6.42 Å². The molecule has 0 saturated heterocycles. The monoisotopic (exact) mass is 480 g/mol. The number of carbonyl (C=O) groups is 1. The van der Waals surface area contributed by atoms with Crippen molar-refractivity contribution in [3.05, 3.63) is 82.1 Å². The lowest BCUT2D eigenvalue weighted by Crippen LogP contribution is -2.39. The summed E-state index contributed by atoms with van der Waals surface area (Å²) >= 11 is 11.4. The van der Waals surface area contributed by atoms with E-state index in [4.69, 9.17) is 23.8 Å². The Hall–Kier alpha value is -3.36. The van der Waals surface area contributed by atoms with Crippen LogP contribution >= 0.6 is 23.8 Å². The molecule has 0 amide bonds. The normalized spacial score (nSPS) is 11.1. The van der Waals surface area contributed by atoms with E-state index in [0.29, 0.717) is 34.2 Å². The number of guanidine groups is 1. The van der Waals surface area contributed by atoms with Crippen LogP contribution in [-0.4, -0.2) is 33.4 Å². The maximum Gasteiger partial charge on any atom is 0.229 e. The van der Waals surface area contributed by atoms with Gasteiger partial charge >= 0.3 is 0 Å². The molecular weight excluding hydrogens is 456 g/mol. The smallest absolute Gasteiger partial charge is 0.229 e. The molecule has 7 nitrogen and oxygen atoms in total. The number of aryl methyl sites for hydroxylation is 2. The predicted molar refractivity (Wildman–Crippen MR) is 138 cm³/mol. The van der Waals surface area contributed by atoms with Crippen molar-refractivity contribution >= 4 is 52.3 Å². The van der Waals surface area contributed by atoms with Gasteiger partial charge in [-0.2, -0.15) is 0 Å². The molecule has 33 heavy (non-hydrogen) atoms. The van der Waals surface area contributed by atoms with Crippen molar-refractivity contribution in [2.75, 3.05) is 17.2 Å². The first-order valence-electron chi connectivity index (χ1n) is 10.4. The van der Waals surface area contributed by atoms with Crippen LogP contribution in [0, 0.1) is 13.8 Å². The number of aromatic nitrogens is 2. The summed E-state index contributed by atoms with van der Waals surface area (Å²) in [7, 11) is 0. The molecule has 9 heteroatoms. The predicted octanol–water partition coefficient (Wildman–Crippen LogP) is 4.95. The van der Waals surface area contributed by atoms with E-state index >= 15 is 0 Å². The Labute approximate surface area is 203 Å². The highest BCUT2D eigenvalue weighted by Gasteiger charge is 2.08. The third-order valence-corrected chi connectivity index (χ3v) is 5.03. The van der Waals surface area contributed by atoms with Gasteiger partial charge < -0.3 is 10.6 Å². The number of Topliss-reactive ketones (excluding diaryl/α,β-unsaturated/α-hetero) is 1. The molecule has 3 aromatic rings. The molecule has 3 N–H and O–H groups in total. The summed E-state index contributed by atoms with van der Waals surface area (Å²) in [5.41, 5.74) is 4.20. The van der Waals surface area contributed by atoms with Crippen LogP contribution in [0.25, 0.3) is 0 Å². The summed E-state index contributed by atoms with van der Waals surface area (Å²) in [5, 5.41) is 10.3. The Morgan fingerprint density at radius 2 is 1.64 bits per heavy atom. The first-order valence-corrected chi connectivity index (χ1v) is 11.1. The fraction of sp³-hybridized carbons (Fsp3) is 0.208. The molecule has 0 radical (unpaired) electrons. The van der Waals surface area contributed by atoms with Gasteiger partial charge in [-0.3, -0.25) is 15.1 Å². The summed E-state index contributed by atoms with van der Waals surface area (Å²) < 4.78 is 0. The minimum atomic E-state index is 0.00927. The SMILES string of the molecule is CC(=O)c1ccc(NC(=S)NC(=NCCc2ccc(Cl)cc2)Nc2nc(C)cc(C)n2)cc1. The van der Waals surface area contributed by atoms with E-state index in [2.05, 4.69) is 30.9 Å². The number of aliphatic imine (C=N–C) groups is 1. The van der Waals surface area contributed by atoms with Crippen LogP contribution in [0.5, 0.6) is 0 Å². The number of anilines is 2. The number of benzene rings is 2. The van der Waals surface area contributed by atoms with Crippen molar-refractivity contribution in [3.8, 4) is 0 Å². The molecular formula is C24H25ClN6OS. The van der Waals surface area contributed by atoms with E-state index in [1.165, 1.54) is 6.92 Å². The van der Waals surface area contributed by atoms with Crippen LogP contribution < -0.4 is 16.0 Å². The number of nitrogens with zero attached hydrogens (tertiary/aromatic N) is 3. The average Bonchev–Trinajstić information content (AvgIpc) is 2.74. The Bertz CT molecular complexity index is 1140. The Morgan fingerprint density at radius 3 is 2.24 bits per heavy atom. The number of hydrogen-bond acceptors (Lipinski definition) is 5. The fourth-order valence-electron chi connectivity index (χ4n) is 3.00. The molecule has 0 aliphatic rings. The highest BCUT2D eigenvalue weighted by molar-refractivity contribution is 7.80. The molecule has 0 aliphatic heterocycles. The lowest BCUT2D eigenvalue weighted by Gasteiger charge is -2.14. The first-order chi connectivity index (χ1) is 15.8. The standard InChI is InChI=1S/C24H25ClN6OS/c1-15-14-16(2)28-23(27-15)30-22(26-13-12-18-4-8-20(25)9-5-18)31-24(33)29-21-10-6-19(7-11-21)17(3)32/h4-11,14H,12-13H2,1-3H3,(H3,26,27,28,29,30,31,33). The van der Waals surface area contributed by atoms with E-state index in [1.54, 1.807) is 24.3 Å². The lowest BCUT2D eigenvalue weighted by molar-refractivity contribution is 0.101. The van der Waals surface area contributed by atoms with Gasteiger partial charge in [0.15, 0.2) is 10.9 Å². The van der Waals surface area contributed by atoms with E-state index in [-0.39, 0.29) is 5.78 Å². The summed E-state index contributed by atoms with van der Waals surface area (Å²) in [5.74, 6) is 0.862. The van der Waals surface area contributed by atoms with Crippen LogP contribution in [0.2, 0.25) is 5.02 Å². The molecule has 170 valence electrons. The van der Waals surface area contributed by atoms with Gasteiger partial charge in [-0.25, -0.2) is 9.97 Å². The molecule has 3 rings (SSSR count). The van der Waals surface area contributed by atoms with Crippen LogP contribution in [0.15, 0.2) is 59.6 Å². The van der Waals surface area contributed by atoms with E-state index in [0.717, 1.165) is 29.1 Å². The fourth-order valence-corrected chi connectivity index (χ4v) is 3.34. The van der Waals surface area contributed by atoms with Gasteiger partial charge in [-0.05, 0) is 87.4 Å². The number of nitrogens with one attached hydrogen (secondary N) is 3. The molecule has 0 fully saturated rings. The molecule has 0 bridgehead atoms. The number of rotatable bonds is 6. The molecule has 2 aromatic carbocycles. The zero-order chi connectivity index (χ0) is 23.8. The van der Waals surface area contributed by atoms with Crippen molar-refractivity contribution < 1.29 is 4.79 Å².